The summed E-state index contributed by atoms with van der Waals surface area (Å²) in [7, 11) is 0. The Morgan fingerprint density at radius 2 is 0.438 bits per heavy atom. The summed E-state index contributed by atoms with van der Waals surface area (Å²) >= 11 is 0. The van der Waals surface area contributed by atoms with Crippen LogP contribution in [0.5, 0.6) is 0 Å². The van der Waals surface area contributed by atoms with Gasteiger partial charge >= 0.3 is 11.9 Å². The Morgan fingerprint density at radius 3 is 0.725 bits per heavy atom. The molecule has 0 aromatic rings. The zero-order valence-electron chi connectivity index (χ0n) is 55.4. The van der Waals surface area contributed by atoms with Crippen molar-refractivity contribution in [1.82, 2.24) is 15.1 Å². The van der Waals surface area contributed by atoms with Crippen molar-refractivity contribution in [2.45, 2.75) is 394 Å². The molecule has 0 unspecified atom stereocenters. The number of nitrogens with one attached hydrogen (secondary N) is 1. The minimum Gasteiger partial charge on any atom is -0.466 e. The first-order valence-corrected chi connectivity index (χ1v) is 37.0. The SMILES string of the molecule is CCCCCCCCCCCCCCCOC(=O)CCCN(CCCC(=O)OCCCCCCCCCCCCCCC)CCCN(CCCCCCCCCCCCCC)CCCCNCCCCCCCCCCCCCC. The van der Waals surface area contributed by atoms with Crippen LogP contribution in [0.1, 0.15) is 394 Å². The first kappa shape index (κ1) is 78.8. The van der Waals surface area contributed by atoms with Crippen LogP contribution in [0, 0.1) is 0 Å². The molecule has 0 aromatic carbocycles. The normalized spacial score (nSPS) is 11.7. The van der Waals surface area contributed by atoms with E-state index in [-0.39, 0.29) is 11.9 Å². The average molecular weight is 1130 g/mol. The molecule has 0 aliphatic carbocycles. The van der Waals surface area contributed by atoms with Gasteiger partial charge in [0.1, 0.15) is 0 Å². The largest absolute Gasteiger partial charge is 0.466 e. The zero-order valence-corrected chi connectivity index (χ0v) is 55.4. The minimum atomic E-state index is -0.0437. The van der Waals surface area contributed by atoms with Crippen LogP contribution in [-0.2, 0) is 19.1 Å². The van der Waals surface area contributed by atoms with Crippen LogP contribution in [-0.4, -0.2) is 87.3 Å². The van der Waals surface area contributed by atoms with Crippen LogP contribution in [0.2, 0.25) is 0 Å². The van der Waals surface area contributed by atoms with Gasteiger partial charge in [-0.05, 0) is 110 Å². The van der Waals surface area contributed by atoms with Crippen molar-refractivity contribution >= 4 is 11.9 Å². The van der Waals surface area contributed by atoms with Gasteiger partial charge in [-0.25, -0.2) is 0 Å². The molecular weight excluding hydrogens is 983 g/mol. The van der Waals surface area contributed by atoms with Crippen LogP contribution in [0.15, 0.2) is 0 Å². The molecule has 0 aromatic heterocycles. The third-order valence-electron chi connectivity index (χ3n) is 17.3. The Hall–Kier alpha value is -1.18. The summed E-state index contributed by atoms with van der Waals surface area (Å²) in [6.45, 7) is 18.9. The predicted molar refractivity (Wildman–Crippen MR) is 354 cm³/mol. The van der Waals surface area contributed by atoms with Gasteiger partial charge < -0.3 is 24.6 Å². The maximum atomic E-state index is 12.9. The van der Waals surface area contributed by atoms with E-state index in [4.69, 9.17) is 9.47 Å². The summed E-state index contributed by atoms with van der Waals surface area (Å²) in [5, 5.41) is 3.78. The van der Waals surface area contributed by atoms with Crippen molar-refractivity contribution in [3.8, 4) is 0 Å². The molecule has 0 saturated heterocycles. The molecule has 0 rings (SSSR count). The van der Waals surface area contributed by atoms with E-state index >= 15 is 0 Å². The molecule has 0 bridgehead atoms. The van der Waals surface area contributed by atoms with Crippen LogP contribution in [0.25, 0.3) is 0 Å². The van der Waals surface area contributed by atoms with E-state index in [1.807, 2.05) is 0 Å². The fraction of sp³-hybridized carbons (Fsp3) is 0.973. The molecule has 7 heteroatoms. The molecule has 0 aliphatic rings. The molecule has 0 radical (unpaired) electrons. The maximum absolute atomic E-state index is 12.9. The molecule has 7 nitrogen and oxygen atoms in total. The Balaban J connectivity index is 4.94. The molecule has 0 spiro atoms. The number of esters is 2. The highest BCUT2D eigenvalue weighted by Crippen LogP contribution is 2.17. The number of rotatable bonds is 71. The lowest BCUT2D eigenvalue weighted by Gasteiger charge is -2.26. The van der Waals surface area contributed by atoms with Gasteiger partial charge in [0, 0.05) is 12.8 Å². The second-order valence-electron chi connectivity index (χ2n) is 25.4. The third kappa shape index (κ3) is 66.0. The van der Waals surface area contributed by atoms with E-state index < -0.39 is 0 Å². The molecule has 0 atom stereocenters. The summed E-state index contributed by atoms with van der Waals surface area (Å²) in [6, 6.07) is 0. The summed E-state index contributed by atoms with van der Waals surface area (Å²) < 4.78 is 11.5. The van der Waals surface area contributed by atoms with E-state index in [2.05, 4.69) is 42.8 Å². The van der Waals surface area contributed by atoms with Gasteiger partial charge in [-0.1, -0.05) is 323 Å². The quantitative estimate of drug-likeness (QED) is 0.0481. The molecule has 0 amide bonds. The van der Waals surface area contributed by atoms with Gasteiger partial charge in [-0.15, -0.1) is 0 Å². The molecule has 0 aliphatic heterocycles. The monoisotopic (exact) mass is 1130 g/mol. The zero-order chi connectivity index (χ0) is 57.8. The van der Waals surface area contributed by atoms with E-state index in [0.29, 0.717) is 26.1 Å². The lowest BCUT2D eigenvalue weighted by Crippen LogP contribution is -2.33. The molecule has 478 valence electrons. The fourth-order valence-corrected chi connectivity index (χ4v) is 11.8. The Labute approximate surface area is 503 Å². The summed E-state index contributed by atoms with van der Waals surface area (Å²) in [4.78, 5) is 31.0. The highest BCUT2D eigenvalue weighted by atomic mass is 16.5. The second kappa shape index (κ2) is 70.3. The van der Waals surface area contributed by atoms with Gasteiger partial charge in [0.25, 0.3) is 0 Å². The van der Waals surface area contributed by atoms with Crippen LogP contribution < -0.4 is 5.32 Å². The van der Waals surface area contributed by atoms with Gasteiger partial charge in [0.2, 0.25) is 0 Å². The summed E-state index contributed by atoms with van der Waals surface area (Å²) in [5.41, 5.74) is 0. The molecule has 80 heavy (non-hydrogen) atoms. The highest BCUT2D eigenvalue weighted by molar-refractivity contribution is 5.69. The van der Waals surface area contributed by atoms with Crippen molar-refractivity contribution in [3.05, 3.63) is 0 Å². The van der Waals surface area contributed by atoms with Crippen molar-refractivity contribution < 1.29 is 19.1 Å². The number of hydrogen-bond acceptors (Lipinski definition) is 7. The van der Waals surface area contributed by atoms with Gasteiger partial charge in [0.15, 0.2) is 0 Å². The van der Waals surface area contributed by atoms with Crippen LogP contribution in [0.4, 0.5) is 0 Å². The van der Waals surface area contributed by atoms with Crippen molar-refractivity contribution in [2.24, 2.45) is 0 Å². The number of unbranched alkanes of at least 4 members (excludes halogenated alkanes) is 47. The average Bonchev–Trinajstić information content (AvgIpc) is 3.46. The highest BCUT2D eigenvalue weighted by Gasteiger charge is 2.13. The molecule has 0 heterocycles. The lowest BCUT2D eigenvalue weighted by molar-refractivity contribution is -0.144. The van der Waals surface area contributed by atoms with Gasteiger partial charge in [-0.3, -0.25) is 9.59 Å². The molecule has 1 N–H and O–H groups in total. The predicted octanol–water partition coefficient (Wildman–Crippen LogP) is 22.6. The van der Waals surface area contributed by atoms with E-state index in [1.54, 1.807) is 0 Å². The van der Waals surface area contributed by atoms with Gasteiger partial charge in [0.05, 0.1) is 13.2 Å². The molecular formula is C73H147N3O4. The topological polar surface area (TPSA) is 71.1 Å². The van der Waals surface area contributed by atoms with Crippen LogP contribution in [0.3, 0.4) is 0 Å². The second-order valence-corrected chi connectivity index (χ2v) is 25.4. The third-order valence-corrected chi connectivity index (χ3v) is 17.3. The standard InChI is InChI=1S/C73H147N3O4/c1-5-9-13-17-21-25-29-33-37-41-45-49-55-70-79-72(77)60-57-66-76(67-58-61-73(78)80-71-56-50-46-42-38-34-30-26-22-18-14-10-6-2)69-59-68-75(64-53-48-44-40-36-32-28-24-20-16-12-8-4)65-54-52-63-74-62-51-47-43-39-35-31-27-23-19-15-11-7-3/h74H,5-71H2,1-4H3. The lowest BCUT2D eigenvalue weighted by atomic mass is 10.0. The first-order chi connectivity index (χ1) is 39.6. The number of nitrogens with zero attached hydrogens (tertiary/aromatic N) is 2. The fourth-order valence-electron chi connectivity index (χ4n) is 11.8. The van der Waals surface area contributed by atoms with E-state index in [0.717, 1.165) is 77.7 Å². The first-order valence-electron chi connectivity index (χ1n) is 37.0. The number of carbonyl (C=O) groups is 2. The van der Waals surface area contributed by atoms with Crippen molar-refractivity contribution in [3.63, 3.8) is 0 Å². The van der Waals surface area contributed by atoms with E-state index in [1.165, 1.54) is 328 Å². The summed E-state index contributed by atoms with van der Waals surface area (Å²) in [5.74, 6) is -0.0874. The minimum absolute atomic E-state index is 0.0437. The Kier molecular flexibility index (Phi) is 69.3. The Morgan fingerprint density at radius 1 is 0.237 bits per heavy atom. The smallest absolute Gasteiger partial charge is 0.305 e. The number of ether oxygens (including phenoxy) is 2. The summed E-state index contributed by atoms with van der Waals surface area (Å²) in [6.07, 6.45) is 74.2. The molecule has 0 fully saturated rings. The maximum Gasteiger partial charge on any atom is 0.305 e. The van der Waals surface area contributed by atoms with Crippen LogP contribution >= 0.6 is 0 Å². The molecule has 0 saturated carbocycles. The van der Waals surface area contributed by atoms with E-state index in [9.17, 15) is 9.59 Å². The number of hydrogen-bond donors (Lipinski definition) is 1. The van der Waals surface area contributed by atoms with Crippen molar-refractivity contribution in [2.75, 3.05) is 65.6 Å². The Bertz CT molecular complexity index is 1120. The van der Waals surface area contributed by atoms with Gasteiger partial charge in [-0.2, -0.15) is 0 Å². The van der Waals surface area contributed by atoms with Crippen molar-refractivity contribution in [1.29, 1.82) is 0 Å². The number of carbonyl (C=O) groups excluding carboxylic acids is 2.